The van der Waals surface area contributed by atoms with Crippen LogP contribution in [-0.2, 0) is 20.8 Å². The first-order valence-electron chi connectivity index (χ1n) is 9.93. The molecule has 0 aliphatic heterocycles. The Balaban J connectivity index is 0.00000420. The molecule has 29 heavy (non-hydrogen) atoms. The Kier molecular flexibility index (Phi) is 12.3. The molecule has 1 saturated carbocycles. The molecule has 0 amide bonds. The van der Waals surface area contributed by atoms with E-state index < -0.39 is 20.8 Å². The van der Waals surface area contributed by atoms with Gasteiger partial charge >= 0.3 is 0 Å². The van der Waals surface area contributed by atoms with Gasteiger partial charge in [0.2, 0.25) is 10.0 Å². The fraction of sp³-hybridized carbons (Fsp3) is 0.632. The zero-order valence-corrected chi connectivity index (χ0v) is 21.1. The molecule has 3 atom stereocenters. The van der Waals surface area contributed by atoms with E-state index in [1.807, 2.05) is 13.8 Å². The zero-order valence-electron chi connectivity index (χ0n) is 17.1. The molecule has 1 aromatic rings. The topological polar surface area (TPSA) is 99.7 Å². The summed E-state index contributed by atoms with van der Waals surface area (Å²) in [5.41, 5.74) is 0. The van der Waals surface area contributed by atoms with Gasteiger partial charge in [0.15, 0.2) is 5.96 Å². The standard InChI is InChI=1S/C19H32N4O3S2.HI/c1-3-20-19(23-16-9-8-10-17(15-16)27(24)4-2)21-13-14-22-28(25,26)18-11-6-5-7-12-18;/h5-7,11-12,16-17,22H,3-4,8-10,13-15H2,1-2H3,(H2,20,21,23);1H. The van der Waals surface area contributed by atoms with Gasteiger partial charge < -0.3 is 10.6 Å². The lowest BCUT2D eigenvalue weighted by molar-refractivity contribution is 0.413. The average Bonchev–Trinajstić information content (AvgIpc) is 2.71. The van der Waals surface area contributed by atoms with Crippen LogP contribution in [0.25, 0.3) is 0 Å². The predicted molar refractivity (Wildman–Crippen MR) is 131 cm³/mol. The highest BCUT2D eigenvalue weighted by Gasteiger charge is 2.26. The molecule has 2 rings (SSSR count). The van der Waals surface area contributed by atoms with Gasteiger partial charge in [-0.25, -0.2) is 13.1 Å². The minimum atomic E-state index is -3.51. The number of nitrogens with zero attached hydrogens (tertiary/aromatic N) is 1. The van der Waals surface area contributed by atoms with Crippen LogP contribution >= 0.6 is 24.0 Å². The van der Waals surface area contributed by atoms with E-state index in [2.05, 4.69) is 20.3 Å². The van der Waals surface area contributed by atoms with Crippen LogP contribution in [0.5, 0.6) is 0 Å². The molecule has 166 valence electrons. The SMILES string of the molecule is CCNC(=NCCNS(=O)(=O)c1ccccc1)NC1CCCC(S(=O)CC)C1.I. The average molecular weight is 557 g/mol. The summed E-state index contributed by atoms with van der Waals surface area (Å²) < 4.78 is 39.1. The molecule has 3 unspecified atom stereocenters. The number of aliphatic imine (C=N–C) groups is 1. The Morgan fingerprint density at radius 1 is 1.21 bits per heavy atom. The van der Waals surface area contributed by atoms with Gasteiger partial charge in [0.25, 0.3) is 0 Å². The minimum Gasteiger partial charge on any atom is -0.357 e. The van der Waals surface area contributed by atoms with Crippen molar-refractivity contribution in [2.24, 2.45) is 4.99 Å². The van der Waals surface area contributed by atoms with Gasteiger partial charge in [-0.2, -0.15) is 0 Å². The molecular weight excluding hydrogens is 523 g/mol. The highest BCUT2D eigenvalue weighted by atomic mass is 127. The largest absolute Gasteiger partial charge is 0.357 e. The van der Waals surface area contributed by atoms with Gasteiger partial charge in [-0.1, -0.05) is 31.5 Å². The van der Waals surface area contributed by atoms with E-state index in [1.54, 1.807) is 30.3 Å². The monoisotopic (exact) mass is 556 g/mol. The normalized spacial score (nSPS) is 21.1. The molecule has 1 fully saturated rings. The number of nitrogens with one attached hydrogen (secondary N) is 3. The third-order valence-electron chi connectivity index (χ3n) is 4.69. The highest BCUT2D eigenvalue weighted by molar-refractivity contribution is 14.0. The molecule has 7 nitrogen and oxygen atoms in total. The molecule has 3 N–H and O–H groups in total. The van der Waals surface area contributed by atoms with E-state index in [0.29, 0.717) is 18.3 Å². The van der Waals surface area contributed by atoms with Crippen LogP contribution in [0.15, 0.2) is 40.2 Å². The van der Waals surface area contributed by atoms with Crippen molar-refractivity contribution >= 4 is 50.8 Å². The molecule has 1 aliphatic rings. The summed E-state index contributed by atoms with van der Waals surface area (Å²) in [6.45, 7) is 5.23. The Bertz CT molecular complexity index is 760. The molecule has 0 radical (unpaired) electrons. The predicted octanol–water partition coefficient (Wildman–Crippen LogP) is 2.22. The molecule has 0 saturated heterocycles. The van der Waals surface area contributed by atoms with Crippen LogP contribution < -0.4 is 15.4 Å². The van der Waals surface area contributed by atoms with Crippen molar-refractivity contribution in [3.8, 4) is 0 Å². The maximum atomic E-state index is 12.2. The maximum absolute atomic E-state index is 12.2. The number of rotatable bonds is 9. The number of hydrogen-bond donors (Lipinski definition) is 3. The number of sulfonamides is 1. The number of halogens is 1. The highest BCUT2D eigenvalue weighted by Crippen LogP contribution is 2.22. The van der Waals surface area contributed by atoms with Crippen molar-refractivity contribution < 1.29 is 12.6 Å². The first-order chi connectivity index (χ1) is 13.5. The summed E-state index contributed by atoms with van der Waals surface area (Å²) in [6, 6.07) is 8.55. The Morgan fingerprint density at radius 2 is 1.93 bits per heavy atom. The molecule has 0 spiro atoms. The molecule has 0 heterocycles. The third kappa shape index (κ3) is 8.89. The van der Waals surface area contributed by atoms with Gasteiger partial charge in [-0.05, 0) is 38.3 Å². The fourth-order valence-electron chi connectivity index (χ4n) is 3.29. The third-order valence-corrected chi connectivity index (χ3v) is 7.91. The summed E-state index contributed by atoms with van der Waals surface area (Å²) in [7, 11) is -4.28. The zero-order chi connectivity index (χ0) is 20.4. The number of benzene rings is 1. The van der Waals surface area contributed by atoms with E-state index in [4.69, 9.17) is 0 Å². The Morgan fingerprint density at radius 3 is 2.59 bits per heavy atom. The van der Waals surface area contributed by atoms with Gasteiger partial charge in [0.1, 0.15) is 0 Å². The first kappa shape index (κ1) is 26.3. The molecular formula is C19H33IN4O3S2. The smallest absolute Gasteiger partial charge is 0.240 e. The van der Waals surface area contributed by atoms with E-state index >= 15 is 0 Å². The van der Waals surface area contributed by atoms with Crippen molar-refractivity contribution in [3.63, 3.8) is 0 Å². The quantitative estimate of drug-likeness (QED) is 0.188. The van der Waals surface area contributed by atoms with Crippen molar-refractivity contribution in [1.82, 2.24) is 15.4 Å². The van der Waals surface area contributed by atoms with E-state index in [-0.39, 0.29) is 46.7 Å². The molecule has 1 aliphatic carbocycles. The van der Waals surface area contributed by atoms with Gasteiger partial charge in [-0.3, -0.25) is 9.20 Å². The lowest BCUT2D eigenvalue weighted by atomic mass is 9.95. The Hall–Kier alpha value is -0.720. The van der Waals surface area contributed by atoms with Crippen molar-refractivity contribution in [3.05, 3.63) is 30.3 Å². The lowest BCUT2D eigenvalue weighted by Gasteiger charge is -2.30. The van der Waals surface area contributed by atoms with Gasteiger partial charge in [0, 0.05) is 40.9 Å². The maximum Gasteiger partial charge on any atom is 0.240 e. The summed E-state index contributed by atoms with van der Waals surface area (Å²) in [5.74, 6) is 1.38. The number of guanidine groups is 1. The summed E-state index contributed by atoms with van der Waals surface area (Å²) >= 11 is 0. The van der Waals surface area contributed by atoms with Gasteiger partial charge in [0.05, 0.1) is 11.4 Å². The second-order valence-electron chi connectivity index (χ2n) is 6.77. The van der Waals surface area contributed by atoms with Crippen LogP contribution in [0.3, 0.4) is 0 Å². The second-order valence-corrected chi connectivity index (χ2v) is 10.5. The summed E-state index contributed by atoms with van der Waals surface area (Å²) in [4.78, 5) is 4.74. The molecule has 0 aromatic heterocycles. The van der Waals surface area contributed by atoms with Crippen LogP contribution in [-0.4, -0.2) is 55.3 Å². The van der Waals surface area contributed by atoms with E-state index in [0.717, 1.165) is 32.2 Å². The van der Waals surface area contributed by atoms with Gasteiger partial charge in [-0.15, -0.1) is 24.0 Å². The molecule has 10 heteroatoms. The van der Waals surface area contributed by atoms with Crippen molar-refractivity contribution in [2.75, 3.05) is 25.4 Å². The lowest BCUT2D eigenvalue weighted by Crippen LogP contribution is -2.47. The molecule has 0 bridgehead atoms. The van der Waals surface area contributed by atoms with E-state index in [9.17, 15) is 12.6 Å². The van der Waals surface area contributed by atoms with Crippen LogP contribution in [0.2, 0.25) is 0 Å². The van der Waals surface area contributed by atoms with Crippen molar-refractivity contribution in [2.45, 2.75) is 55.7 Å². The van der Waals surface area contributed by atoms with Crippen molar-refractivity contribution in [1.29, 1.82) is 0 Å². The van der Waals surface area contributed by atoms with Crippen LogP contribution in [0.4, 0.5) is 0 Å². The minimum absolute atomic E-state index is 0. The van der Waals surface area contributed by atoms with E-state index in [1.165, 1.54) is 0 Å². The van der Waals surface area contributed by atoms with Crippen LogP contribution in [0, 0.1) is 0 Å². The summed E-state index contributed by atoms with van der Waals surface area (Å²) in [5, 5.41) is 6.87. The second kappa shape index (κ2) is 13.6. The van der Waals surface area contributed by atoms with Crippen LogP contribution in [0.1, 0.15) is 39.5 Å². The Labute approximate surface area is 194 Å². The fourth-order valence-corrected chi connectivity index (χ4v) is 5.68. The summed E-state index contributed by atoms with van der Waals surface area (Å²) in [6.07, 6.45) is 3.99. The first-order valence-corrected chi connectivity index (χ1v) is 12.8. The number of hydrogen-bond acceptors (Lipinski definition) is 4. The molecule has 1 aromatic carbocycles.